The minimum Gasteiger partial charge on any atom is -0.384 e. The first-order valence-electron chi connectivity index (χ1n) is 6.99. The fraction of sp³-hybridized carbons (Fsp3) is 0.312. The Bertz CT molecular complexity index is 472. The standard InChI is InChI=1S/C16H22N4/c17-8-12-20(14-15-6-9-18-10-7-15)13-11-19-16-4-2-1-3-5-16/h1-7,9-10,19H,8,11-14,17H2. The molecule has 0 bridgehead atoms. The average molecular weight is 270 g/mol. The van der Waals surface area contributed by atoms with E-state index in [1.807, 2.05) is 42.7 Å². The SMILES string of the molecule is NCCN(CCNc1ccccc1)Cc1ccncc1. The predicted octanol–water partition coefficient (Wildman–Crippen LogP) is 1.95. The highest BCUT2D eigenvalue weighted by atomic mass is 15.1. The topological polar surface area (TPSA) is 54.2 Å². The maximum Gasteiger partial charge on any atom is 0.0340 e. The molecule has 0 saturated carbocycles. The Morgan fingerprint density at radius 1 is 1.00 bits per heavy atom. The molecule has 2 rings (SSSR count). The van der Waals surface area contributed by atoms with Crippen molar-refractivity contribution in [2.24, 2.45) is 5.73 Å². The number of nitrogens with zero attached hydrogens (tertiary/aromatic N) is 2. The number of aromatic nitrogens is 1. The van der Waals surface area contributed by atoms with Gasteiger partial charge in [0.1, 0.15) is 0 Å². The van der Waals surface area contributed by atoms with Crippen LogP contribution in [0.4, 0.5) is 5.69 Å². The molecule has 0 aliphatic carbocycles. The first-order valence-corrected chi connectivity index (χ1v) is 6.99. The molecule has 1 aromatic heterocycles. The Kier molecular flexibility index (Phi) is 6.02. The van der Waals surface area contributed by atoms with Crippen molar-refractivity contribution in [2.75, 3.05) is 31.5 Å². The monoisotopic (exact) mass is 270 g/mol. The second kappa shape index (κ2) is 8.30. The van der Waals surface area contributed by atoms with Gasteiger partial charge in [0.05, 0.1) is 0 Å². The molecule has 106 valence electrons. The normalized spacial score (nSPS) is 10.7. The van der Waals surface area contributed by atoms with Crippen molar-refractivity contribution in [2.45, 2.75) is 6.54 Å². The van der Waals surface area contributed by atoms with Crippen LogP contribution in [0.15, 0.2) is 54.9 Å². The van der Waals surface area contributed by atoms with Gasteiger partial charge in [0.2, 0.25) is 0 Å². The average Bonchev–Trinajstić information content (AvgIpc) is 2.49. The molecule has 4 heteroatoms. The lowest BCUT2D eigenvalue weighted by Crippen LogP contribution is -2.33. The lowest BCUT2D eigenvalue weighted by atomic mass is 10.2. The third-order valence-corrected chi connectivity index (χ3v) is 3.13. The van der Waals surface area contributed by atoms with Crippen LogP contribution in [0.2, 0.25) is 0 Å². The smallest absolute Gasteiger partial charge is 0.0340 e. The minimum atomic E-state index is 0.677. The van der Waals surface area contributed by atoms with Gasteiger partial charge in [-0.3, -0.25) is 9.88 Å². The molecule has 0 spiro atoms. The lowest BCUT2D eigenvalue weighted by molar-refractivity contribution is 0.283. The van der Waals surface area contributed by atoms with Crippen LogP contribution in [0, 0.1) is 0 Å². The summed E-state index contributed by atoms with van der Waals surface area (Å²) < 4.78 is 0. The van der Waals surface area contributed by atoms with Gasteiger partial charge < -0.3 is 11.1 Å². The molecular weight excluding hydrogens is 248 g/mol. The molecule has 0 saturated heterocycles. The van der Waals surface area contributed by atoms with Crippen molar-refractivity contribution in [1.29, 1.82) is 0 Å². The molecule has 0 radical (unpaired) electrons. The van der Waals surface area contributed by atoms with Crippen LogP contribution in [0.25, 0.3) is 0 Å². The number of benzene rings is 1. The van der Waals surface area contributed by atoms with E-state index in [4.69, 9.17) is 5.73 Å². The summed E-state index contributed by atoms with van der Waals surface area (Å²) in [5, 5.41) is 3.42. The van der Waals surface area contributed by atoms with Gasteiger partial charge in [0.15, 0.2) is 0 Å². The van der Waals surface area contributed by atoms with E-state index in [9.17, 15) is 0 Å². The van der Waals surface area contributed by atoms with E-state index in [1.54, 1.807) is 0 Å². The predicted molar refractivity (Wildman–Crippen MR) is 83.5 cm³/mol. The van der Waals surface area contributed by atoms with Gasteiger partial charge >= 0.3 is 0 Å². The number of hydrogen-bond acceptors (Lipinski definition) is 4. The number of anilines is 1. The van der Waals surface area contributed by atoms with Crippen LogP contribution in [-0.4, -0.2) is 36.1 Å². The summed E-state index contributed by atoms with van der Waals surface area (Å²) in [6, 6.07) is 14.4. The maximum atomic E-state index is 5.69. The summed E-state index contributed by atoms with van der Waals surface area (Å²) in [6.07, 6.45) is 3.66. The molecule has 3 N–H and O–H groups in total. The number of nitrogens with one attached hydrogen (secondary N) is 1. The zero-order valence-corrected chi connectivity index (χ0v) is 11.7. The van der Waals surface area contributed by atoms with Crippen LogP contribution in [-0.2, 0) is 6.54 Å². The van der Waals surface area contributed by atoms with E-state index >= 15 is 0 Å². The fourth-order valence-electron chi connectivity index (χ4n) is 2.11. The summed E-state index contributed by atoms with van der Waals surface area (Å²) in [5.41, 5.74) is 8.12. The highest BCUT2D eigenvalue weighted by molar-refractivity contribution is 5.42. The Hall–Kier alpha value is -1.91. The number of nitrogens with two attached hydrogens (primary N) is 1. The van der Waals surface area contributed by atoms with E-state index in [-0.39, 0.29) is 0 Å². The molecule has 1 heterocycles. The molecule has 1 aromatic carbocycles. The molecule has 0 fully saturated rings. The Labute approximate surface area is 120 Å². The first-order chi connectivity index (χ1) is 9.88. The summed E-state index contributed by atoms with van der Waals surface area (Å²) in [7, 11) is 0. The summed E-state index contributed by atoms with van der Waals surface area (Å²) >= 11 is 0. The zero-order chi connectivity index (χ0) is 14.0. The van der Waals surface area contributed by atoms with Gasteiger partial charge in [-0.1, -0.05) is 18.2 Å². The lowest BCUT2D eigenvalue weighted by Gasteiger charge is -2.22. The first kappa shape index (κ1) is 14.5. The van der Waals surface area contributed by atoms with Crippen LogP contribution in [0.3, 0.4) is 0 Å². The van der Waals surface area contributed by atoms with Gasteiger partial charge in [-0.25, -0.2) is 0 Å². The van der Waals surface area contributed by atoms with Crippen LogP contribution in [0.1, 0.15) is 5.56 Å². The third kappa shape index (κ3) is 4.99. The van der Waals surface area contributed by atoms with Crippen molar-refractivity contribution in [3.05, 3.63) is 60.4 Å². The van der Waals surface area contributed by atoms with E-state index in [0.29, 0.717) is 6.54 Å². The van der Waals surface area contributed by atoms with Gasteiger partial charge in [0, 0.05) is 50.8 Å². The molecule has 2 aromatic rings. The van der Waals surface area contributed by atoms with Gasteiger partial charge in [-0.05, 0) is 29.8 Å². The van der Waals surface area contributed by atoms with Crippen LogP contribution in [0.5, 0.6) is 0 Å². The minimum absolute atomic E-state index is 0.677. The maximum absolute atomic E-state index is 5.69. The van der Waals surface area contributed by atoms with E-state index in [2.05, 4.69) is 27.3 Å². The fourth-order valence-corrected chi connectivity index (χ4v) is 2.11. The van der Waals surface area contributed by atoms with Crippen molar-refractivity contribution in [3.63, 3.8) is 0 Å². The van der Waals surface area contributed by atoms with E-state index < -0.39 is 0 Å². The summed E-state index contributed by atoms with van der Waals surface area (Å²) in [6.45, 7) is 4.37. The van der Waals surface area contributed by atoms with E-state index in [0.717, 1.165) is 31.9 Å². The van der Waals surface area contributed by atoms with Crippen molar-refractivity contribution < 1.29 is 0 Å². The van der Waals surface area contributed by atoms with Gasteiger partial charge in [-0.2, -0.15) is 0 Å². The molecule has 20 heavy (non-hydrogen) atoms. The second-order valence-electron chi connectivity index (χ2n) is 4.71. The second-order valence-corrected chi connectivity index (χ2v) is 4.71. The van der Waals surface area contributed by atoms with E-state index in [1.165, 1.54) is 5.56 Å². The zero-order valence-electron chi connectivity index (χ0n) is 11.7. The molecule has 0 aliphatic heterocycles. The molecule has 0 atom stereocenters. The Morgan fingerprint density at radius 2 is 1.75 bits per heavy atom. The molecule has 4 nitrogen and oxygen atoms in total. The summed E-state index contributed by atoms with van der Waals surface area (Å²) in [5.74, 6) is 0. The Balaban J connectivity index is 1.80. The largest absolute Gasteiger partial charge is 0.384 e. The van der Waals surface area contributed by atoms with Crippen molar-refractivity contribution in [3.8, 4) is 0 Å². The number of hydrogen-bond donors (Lipinski definition) is 2. The molecule has 0 aliphatic rings. The number of pyridine rings is 1. The molecule has 0 unspecified atom stereocenters. The summed E-state index contributed by atoms with van der Waals surface area (Å²) in [4.78, 5) is 6.40. The van der Waals surface area contributed by atoms with Crippen molar-refractivity contribution >= 4 is 5.69 Å². The van der Waals surface area contributed by atoms with Gasteiger partial charge in [-0.15, -0.1) is 0 Å². The quantitative estimate of drug-likeness (QED) is 0.770. The van der Waals surface area contributed by atoms with Crippen LogP contribution < -0.4 is 11.1 Å². The highest BCUT2D eigenvalue weighted by Gasteiger charge is 2.04. The number of para-hydroxylation sites is 1. The molecular formula is C16H22N4. The van der Waals surface area contributed by atoms with Crippen molar-refractivity contribution in [1.82, 2.24) is 9.88 Å². The van der Waals surface area contributed by atoms with Gasteiger partial charge in [0.25, 0.3) is 0 Å². The Morgan fingerprint density at radius 3 is 2.45 bits per heavy atom. The number of rotatable bonds is 8. The van der Waals surface area contributed by atoms with Crippen LogP contribution >= 0.6 is 0 Å². The molecule has 0 amide bonds. The third-order valence-electron chi connectivity index (χ3n) is 3.13. The highest BCUT2D eigenvalue weighted by Crippen LogP contribution is 2.05.